The highest BCUT2D eigenvalue weighted by molar-refractivity contribution is 6.31. The Bertz CT molecular complexity index is 833. The third-order valence-electron chi connectivity index (χ3n) is 3.50. The van der Waals surface area contributed by atoms with Crippen molar-refractivity contribution in [2.75, 3.05) is 26.0 Å². The molecule has 144 valence electrons. The second-order valence-corrected chi connectivity index (χ2v) is 5.87. The lowest BCUT2D eigenvalue weighted by Crippen LogP contribution is -2.35. The van der Waals surface area contributed by atoms with Crippen LogP contribution in [0, 0.1) is 0 Å². The molecule has 0 aromatic heterocycles. The number of halogens is 3. The Labute approximate surface area is 159 Å². The first-order chi connectivity index (χ1) is 12.8. The number of hydrogen-bond acceptors (Lipinski definition) is 4. The first-order valence-corrected chi connectivity index (χ1v) is 8.12. The van der Waals surface area contributed by atoms with Crippen molar-refractivity contribution in [1.82, 2.24) is 4.90 Å². The van der Waals surface area contributed by atoms with Gasteiger partial charge in [0.05, 0.1) is 24.9 Å². The van der Waals surface area contributed by atoms with Crippen LogP contribution in [0.5, 0.6) is 11.5 Å². The number of ether oxygens (including phenoxy) is 2. The minimum Gasteiger partial charge on any atom is -0.495 e. The number of alkyl halides is 2. The number of likely N-dealkylation sites (N-methyl/N-ethyl adjacent to an activating group) is 1. The molecule has 2 amide bonds. The molecule has 0 spiro atoms. The van der Waals surface area contributed by atoms with Gasteiger partial charge >= 0.3 is 6.61 Å². The van der Waals surface area contributed by atoms with E-state index in [0.717, 1.165) is 4.90 Å². The molecule has 0 saturated heterocycles. The van der Waals surface area contributed by atoms with Crippen LogP contribution >= 0.6 is 11.6 Å². The maximum atomic E-state index is 12.5. The number of rotatable bonds is 7. The lowest BCUT2D eigenvalue weighted by molar-refractivity contribution is -0.116. The van der Waals surface area contributed by atoms with Crippen LogP contribution in [0.1, 0.15) is 10.4 Å². The molecule has 0 bridgehead atoms. The summed E-state index contributed by atoms with van der Waals surface area (Å²) in [6.45, 7) is -3.39. The predicted molar refractivity (Wildman–Crippen MR) is 96.7 cm³/mol. The molecule has 6 nitrogen and oxygen atoms in total. The number of amides is 2. The zero-order valence-corrected chi connectivity index (χ0v) is 15.3. The molecule has 2 aromatic carbocycles. The number of anilines is 1. The average Bonchev–Trinajstić information content (AvgIpc) is 2.61. The molecule has 1 N–H and O–H groups in total. The first-order valence-electron chi connectivity index (χ1n) is 7.74. The van der Waals surface area contributed by atoms with Crippen LogP contribution < -0.4 is 14.8 Å². The highest BCUT2D eigenvalue weighted by Crippen LogP contribution is 2.27. The Balaban J connectivity index is 2.09. The molecule has 0 fully saturated rings. The van der Waals surface area contributed by atoms with Crippen molar-refractivity contribution in [3.8, 4) is 11.5 Å². The molecule has 0 aliphatic carbocycles. The third-order valence-corrected chi connectivity index (χ3v) is 3.73. The SMILES string of the molecule is COc1ccc(Cl)cc1NC(=O)CN(C)C(=O)c1ccccc1OC(F)F. The normalized spacial score (nSPS) is 10.4. The van der Waals surface area contributed by atoms with Gasteiger partial charge in [0.15, 0.2) is 0 Å². The van der Waals surface area contributed by atoms with Crippen LogP contribution in [-0.2, 0) is 4.79 Å². The van der Waals surface area contributed by atoms with Crippen LogP contribution in [0.3, 0.4) is 0 Å². The molecule has 2 aromatic rings. The van der Waals surface area contributed by atoms with Crippen molar-refractivity contribution < 1.29 is 27.8 Å². The fourth-order valence-corrected chi connectivity index (χ4v) is 2.47. The number of nitrogens with one attached hydrogen (secondary N) is 1. The number of carbonyl (C=O) groups excluding carboxylic acids is 2. The van der Waals surface area contributed by atoms with E-state index in [4.69, 9.17) is 16.3 Å². The van der Waals surface area contributed by atoms with Gasteiger partial charge in [-0.3, -0.25) is 9.59 Å². The molecular formula is C18H17ClF2N2O4. The van der Waals surface area contributed by atoms with Crippen LogP contribution in [0.15, 0.2) is 42.5 Å². The molecule has 0 aliphatic heterocycles. The third kappa shape index (κ3) is 5.55. The molecule has 0 radical (unpaired) electrons. The highest BCUT2D eigenvalue weighted by atomic mass is 35.5. The van der Waals surface area contributed by atoms with E-state index in [2.05, 4.69) is 10.1 Å². The number of methoxy groups -OCH3 is 1. The van der Waals surface area contributed by atoms with E-state index in [-0.39, 0.29) is 17.9 Å². The smallest absolute Gasteiger partial charge is 0.387 e. The molecular weight excluding hydrogens is 382 g/mol. The van der Waals surface area contributed by atoms with Gasteiger partial charge in [0.25, 0.3) is 5.91 Å². The lowest BCUT2D eigenvalue weighted by atomic mass is 10.1. The van der Waals surface area contributed by atoms with Gasteiger partial charge in [-0.2, -0.15) is 8.78 Å². The van der Waals surface area contributed by atoms with Gasteiger partial charge in [0.1, 0.15) is 11.5 Å². The van der Waals surface area contributed by atoms with Crippen LogP contribution in [0.2, 0.25) is 5.02 Å². The fraction of sp³-hybridized carbons (Fsp3) is 0.222. The van der Waals surface area contributed by atoms with Gasteiger partial charge in [-0.15, -0.1) is 0 Å². The van der Waals surface area contributed by atoms with Crippen LogP contribution in [0.25, 0.3) is 0 Å². The molecule has 9 heteroatoms. The van der Waals surface area contributed by atoms with E-state index in [1.807, 2.05) is 0 Å². The van der Waals surface area contributed by atoms with Crippen molar-refractivity contribution in [2.45, 2.75) is 6.61 Å². The van der Waals surface area contributed by atoms with Crippen molar-refractivity contribution in [1.29, 1.82) is 0 Å². The maximum absolute atomic E-state index is 12.5. The standard InChI is InChI=1S/C18H17ClF2N2O4/c1-23(17(25)12-5-3-4-6-14(12)27-18(20)21)10-16(24)22-13-9-11(19)7-8-15(13)26-2/h3-9,18H,10H2,1-2H3,(H,22,24). The van der Waals surface area contributed by atoms with Crippen molar-refractivity contribution in [3.63, 3.8) is 0 Å². The molecule has 2 rings (SSSR count). The van der Waals surface area contributed by atoms with E-state index >= 15 is 0 Å². The van der Waals surface area contributed by atoms with Gasteiger partial charge in [-0.05, 0) is 30.3 Å². The summed E-state index contributed by atoms with van der Waals surface area (Å²) >= 11 is 5.91. The van der Waals surface area contributed by atoms with Gasteiger partial charge < -0.3 is 19.7 Å². The van der Waals surface area contributed by atoms with Crippen LogP contribution in [0.4, 0.5) is 14.5 Å². The first kappa shape index (κ1) is 20.4. The summed E-state index contributed by atoms with van der Waals surface area (Å²) in [5.41, 5.74) is 0.269. The van der Waals surface area contributed by atoms with E-state index in [1.54, 1.807) is 12.1 Å². The zero-order valence-electron chi connectivity index (χ0n) is 14.5. The van der Waals surface area contributed by atoms with Crippen molar-refractivity contribution in [3.05, 3.63) is 53.1 Å². The summed E-state index contributed by atoms with van der Waals surface area (Å²) in [5.74, 6) is -1.02. The molecule has 0 saturated carbocycles. The number of carbonyl (C=O) groups is 2. The van der Waals surface area contributed by atoms with E-state index in [9.17, 15) is 18.4 Å². The van der Waals surface area contributed by atoms with Crippen molar-refractivity contribution in [2.24, 2.45) is 0 Å². The quantitative estimate of drug-likeness (QED) is 0.772. The molecule has 0 aliphatic rings. The number of para-hydroxylation sites is 1. The van der Waals surface area contributed by atoms with Gasteiger partial charge in [0, 0.05) is 12.1 Å². The average molecular weight is 399 g/mol. The Hall–Kier alpha value is -2.87. The van der Waals surface area contributed by atoms with Crippen molar-refractivity contribution >= 4 is 29.1 Å². The number of hydrogen-bond donors (Lipinski definition) is 1. The molecule has 27 heavy (non-hydrogen) atoms. The lowest BCUT2D eigenvalue weighted by Gasteiger charge is -2.19. The second-order valence-electron chi connectivity index (χ2n) is 5.43. The van der Waals surface area contributed by atoms with Gasteiger partial charge in [-0.1, -0.05) is 23.7 Å². The Morgan fingerprint density at radius 2 is 1.89 bits per heavy atom. The highest BCUT2D eigenvalue weighted by Gasteiger charge is 2.20. The summed E-state index contributed by atoms with van der Waals surface area (Å²) in [7, 11) is 2.81. The minimum atomic E-state index is -3.07. The Morgan fingerprint density at radius 3 is 2.56 bits per heavy atom. The van der Waals surface area contributed by atoms with Gasteiger partial charge in [-0.25, -0.2) is 0 Å². The predicted octanol–water partition coefficient (Wildman–Crippen LogP) is 3.66. The molecule has 0 atom stereocenters. The van der Waals surface area contributed by atoms with E-state index in [1.165, 1.54) is 44.5 Å². The minimum absolute atomic E-state index is 0.0755. The van der Waals surface area contributed by atoms with E-state index in [0.29, 0.717) is 16.5 Å². The maximum Gasteiger partial charge on any atom is 0.387 e. The van der Waals surface area contributed by atoms with Crippen LogP contribution in [-0.4, -0.2) is 44.0 Å². The number of nitrogens with zero attached hydrogens (tertiary/aromatic N) is 1. The molecule has 0 unspecified atom stereocenters. The Morgan fingerprint density at radius 1 is 1.19 bits per heavy atom. The monoisotopic (exact) mass is 398 g/mol. The number of benzene rings is 2. The molecule has 0 heterocycles. The van der Waals surface area contributed by atoms with Gasteiger partial charge in [0.2, 0.25) is 5.91 Å². The summed E-state index contributed by atoms with van der Waals surface area (Å²) < 4.78 is 34.5. The zero-order chi connectivity index (χ0) is 20.0. The fourth-order valence-electron chi connectivity index (χ4n) is 2.30. The van der Waals surface area contributed by atoms with E-state index < -0.39 is 18.4 Å². The largest absolute Gasteiger partial charge is 0.495 e. The summed E-state index contributed by atoms with van der Waals surface area (Å²) in [4.78, 5) is 25.8. The topological polar surface area (TPSA) is 67.9 Å². The summed E-state index contributed by atoms with van der Waals surface area (Å²) in [5, 5.41) is 2.99. The Kier molecular flexibility index (Phi) is 6.95. The summed E-state index contributed by atoms with van der Waals surface area (Å²) in [6.07, 6.45) is 0. The second kappa shape index (κ2) is 9.18. The summed E-state index contributed by atoms with van der Waals surface area (Å²) in [6, 6.07) is 10.3.